The first kappa shape index (κ1) is 13.6. The van der Waals surface area contributed by atoms with Gasteiger partial charge in [-0.15, -0.1) is 23.2 Å². The minimum absolute atomic E-state index is 0.112. The summed E-state index contributed by atoms with van der Waals surface area (Å²) >= 11 is 11.0. The van der Waals surface area contributed by atoms with E-state index in [1.807, 2.05) is 0 Å². The van der Waals surface area contributed by atoms with E-state index in [0.29, 0.717) is 5.56 Å². The summed E-state index contributed by atoms with van der Waals surface area (Å²) in [5.41, 5.74) is 0.323. The van der Waals surface area contributed by atoms with Crippen LogP contribution in [-0.2, 0) is 0 Å². The molecule has 0 saturated carbocycles. The van der Waals surface area contributed by atoms with Crippen molar-refractivity contribution in [1.29, 1.82) is 0 Å². The molecule has 1 unspecified atom stereocenters. The van der Waals surface area contributed by atoms with E-state index in [0.717, 1.165) is 0 Å². The number of aliphatic hydroxyl groups is 1. The van der Waals surface area contributed by atoms with E-state index in [4.69, 9.17) is 27.9 Å². The van der Waals surface area contributed by atoms with Crippen molar-refractivity contribution in [2.45, 2.75) is 30.9 Å². The average molecular weight is 267 g/mol. The number of halogens is 3. The maximum atomic E-state index is 13.5. The number of alkyl halides is 2. The maximum absolute atomic E-state index is 13.5. The van der Waals surface area contributed by atoms with Gasteiger partial charge in [-0.3, -0.25) is 0 Å². The van der Waals surface area contributed by atoms with Crippen molar-refractivity contribution in [1.82, 2.24) is 0 Å². The third kappa shape index (κ3) is 3.51. The normalized spacial score (nSPS) is 13.2. The molecule has 2 nitrogen and oxygen atoms in total. The number of hydrogen-bond acceptors (Lipinski definition) is 2. The van der Waals surface area contributed by atoms with Crippen molar-refractivity contribution in [3.63, 3.8) is 0 Å². The summed E-state index contributed by atoms with van der Waals surface area (Å²) in [4.78, 5) is -0.990. The molecule has 0 saturated heterocycles. The molecule has 16 heavy (non-hydrogen) atoms. The Balaban J connectivity index is 2.90. The zero-order valence-corrected chi connectivity index (χ0v) is 10.5. The predicted octanol–water partition coefficient (Wildman–Crippen LogP) is 3.45. The van der Waals surface area contributed by atoms with Crippen LogP contribution in [0.4, 0.5) is 4.39 Å². The van der Waals surface area contributed by atoms with Gasteiger partial charge >= 0.3 is 0 Å². The highest BCUT2D eigenvalue weighted by Crippen LogP contribution is 2.27. The second kappa shape index (κ2) is 5.71. The van der Waals surface area contributed by atoms with Crippen LogP contribution < -0.4 is 4.74 Å². The maximum Gasteiger partial charge on any atom is 0.165 e. The van der Waals surface area contributed by atoms with Gasteiger partial charge in [-0.05, 0) is 31.5 Å². The van der Waals surface area contributed by atoms with Crippen molar-refractivity contribution >= 4 is 23.2 Å². The van der Waals surface area contributed by atoms with Gasteiger partial charge in [0, 0.05) is 0 Å². The third-order valence-corrected chi connectivity index (χ3v) is 2.38. The molecular formula is C11H13Cl2FO2. The zero-order valence-electron chi connectivity index (χ0n) is 8.95. The highest BCUT2D eigenvalue weighted by atomic mass is 35.5. The predicted molar refractivity (Wildman–Crippen MR) is 62.6 cm³/mol. The number of ether oxygens (including phenoxy) is 1. The lowest BCUT2D eigenvalue weighted by Gasteiger charge is -2.14. The molecule has 1 N–H and O–H groups in total. The Morgan fingerprint density at radius 2 is 1.94 bits per heavy atom. The highest BCUT2D eigenvalue weighted by molar-refractivity contribution is 6.44. The minimum Gasteiger partial charge on any atom is -0.488 e. The molecule has 0 aliphatic carbocycles. The van der Waals surface area contributed by atoms with Crippen LogP contribution in [0, 0.1) is 5.82 Å². The van der Waals surface area contributed by atoms with Gasteiger partial charge in [0.2, 0.25) is 0 Å². The molecular weight excluding hydrogens is 254 g/mol. The molecule has 0 aliphatic rings. The van der Waals surface area contributed by atoms with Gasteiger partial charge in [0.1, 0.15) is 10.9 Å². The SMILES string of the molecule is CC(C)Oc1ccc(C(O)C(Cl)Cl)cc1F. The molecule has 0 aromatic heterocycles. The van der Waals surface area contributed by atoms with Gasteiger partial charge in [0.25, 0.3) is 0 Å². The molecule has 90 valence electrons. The van der Waals surface area contributed by atoms with Crippen LogP contribution in [0.15, 0.2) is 18.2 Å². The zero-order chi connectivity index (χ0) is 12.3. The van der Waals surface area contributed by atoms with Crippen molar-refractivity contribution < 1.29 is 14.2 Å². The molecule has 0 spiro atoms. The second-order valence-corrected chi connectivity index (χ2v) is 4.80. The van der Waals surface area contributed by atoms with Crippen LogP contribution in [-0.4, -0.2) is 16.0 Å². The molecule has 0 heterocycles. The lowest BCUT2D eigenvalue weighted by atomic mass is 10.1. The Bertz CT molecular complexity index is 356. The summed E-state index contributed by atoms with van der Waals surface area (Å²) in [5, 5.41) is 9.52. The Labute approximate surface area is 104 Å². The van der Waals surface area contributed by atoms with Gasteiger partial charge in [-0.25, -0.2) is 4.39 Å². The Hall–Kier alpha value is -0.510. The van der Waals surface area contributed by atoms with Crippen LogP contribution in [0.25, 0.3) is 0 Å². The van der Waals surface area contributed by atoms with Gasteiger partial charge in [0.05, 0.1) is 6.10 Å². The molecule has 5 heteroatoms. The molecule has 1 rings (SSSR count). The van der Waals surface area contributed by atoms with Crippen molar-refractivity contribution in [3.05, 3.63) is 29.6 Å². The Morgan fingerprint density at radius 1 is 1.31 bits per heavy atom. The molecule has 0 amide bonds. The van der Waals surface area contributed by atoms with Gasteiger partial charge in [-0.1, -0.05) is 6.07 Å². The topological polar surface area (TPSA) is 29.5 Å². The van der Waals surface area contributed by atoms with E-state index < -0.39 is 16.8 Å². The van der Waals surface area contributed by atoms with Crippen LogP contribution in [0.1, 0.15) is 25.5 Å². The van der Waals surface area contributed by atoms with Crippen LogP contribution in [0.5, 0.6) is 5.75 Å². The van der Waals surface area contributed by atoms with E-state index in [2.05, 4.69) is 0 Å². The van der Waals surface area contributed by atoms with E-state index in [1.54, 1.807) is 13.8 Å². The largest absolute Gasteiger partial charge is 0.488 e. The van der Waals surface area contributed by atoms with Crippen LogP contribution >= 0.6 is 23.2 Å². The Morgan fingerprint density at radius 3 is 2.38 bits per heavy atom. The lowest BCUT2D eigenvalue weighted by Crippen LogP contribution is -2.09. The van der Waals surface area contributed by atoms with Gasteiger partial charge in [0.15, 0.2) is 11.6 Å². The number of aliphatic hydroxyl groups excluding tert-OH is 1. The van der Waals surface area contributed by atoms with Crippen molar-refractivity contribution in [2.24, 2.45) is 0 Å². The fourth-order valence-electron chi connectivity index (χ4n) is 1.20. The summed E-state index contributed by atoms with van der Waals surface area (Å²) < 4.78 is 18.7. The molecule has 0 bridgehead atoms. The van der Waals surface area contributed by atoms with E-state index in [1.165, 1.54) is 18.2 Å². The summed E-state index contributed by atoms with van der Waals surface area (Å²) in [6.45, 7) is 3.60. The fraction of sp³-hybridized carbons (Fsp3) is 0.455. The summed E-state index contributed by atoms with van der Waals surface area (Å²) in [6, 6.07) is 4.15. The summed E-state index contributed by atoms with van der Waals surface area (Å²) in [6.07, 6.45) is -1.22. The first-order valence-corrected chi connectivity index (χ1v) is 5.71. The lowest BCUT2D eigenvalue weighted by molar-refractivity contribution is 0.191. The first-order chi connectivity index (χ1) is 7.41. The van der Waals surface area contributed by atoms with Gasteiger partial charge in [-0.2, -0.15) is 0 Å². The summed E-state index contributed by atoms with van der Waals surface area (Å²) in [7, 11) is 0. The van der Waals surface area contributed by atoms with Crippen LogP contribution in [0.2, 0.25) is 0 Å². The van der Waals surface area contributed by atoms with E-state index >= 15 is 0 Å². The molecule has 1 atom stereocenters. The number of hydrogen-bond donors (Lipinski definition) is 1. The van der Waals surface area contributed by atoms with E-state index in [-0.39, 0.29) is 11.9 Å². The second-order valence-electron chi connectivity index (χ2n) is 3.64. The Kier molecular flexibility index (Phi) is 4.84. The van der Waals surface area contributed by atoms with Crippen LogP contribution in [0.3, 0.4) is 0 Å². The first-order valence-electron chi connectivity index (χ1n) is 4.84. The van der Waals surface area contributed by atoms with Crippen molar-refractivity contribution in [2.75, 3.05) is 0 Å². The fourth-order valence-corrected chi connectivity index (χ4v) is 1.49. The van der Waals surface area contributed by atoms with Gasteiger partial charge < -0.3 is 9.84 Å². The number of benzene rings is 1. The number of rotatable bonds is 4. The third-order valence-electron chi connectivity index (χ3n) is 1.90. The molecule has 0 aliphatic heterocycles. The smallest absolute Gasteiger partial charge is 0.165 e. The van der Waals surface area contributed by atoms with Crippen molar-refractivity contribution in [3.8, 4) is 5.75 Å². The molecule has 0 radical (unpaired) electrons. The highest BCUT2D eigenvalue weighted by Gasteiger charge is 2.17. The quantitative estimate of drug-likeness (QED) is 0.846. The molecule has 0 fully saturated rings. The minimum atomic E-state index is -1.11. The average Bonchev–Trinajstić information content (AvgIpc) is 2.19. The standard InChI is InChI=1S/C11H13Cl2FO2/c1-6(2)16-9-4-3-7(5-8(9)14)10(15)11(12)13/h3-6,10-11,15H,1-2H3. The van der Waals surface area contributed by atoms with E-state index in [9.17, 15) is 9.50 Å². The monoisotopic (exact) mass is 266 g/mol. The molecule has 1 aromatic carbocycles. The summed E-state index contributed by atoms with van der Waals surface area (Å²) in [5.74, 6) is -0.397. The molecule has 1 aromatic rings.